The van der Waals surface area contributed by atoms with Crippen molar-refractivity contribution in [2.75, 3.05) is 14.1 Å². The highest BCUT2D eigenvalue weighted by Gasteiger charge is 2.45. The predicted octanol–water partition coefficient (Wildman–Crippen LogP) is 4.05. The third-order valence-corrected chi connectivity index (χ3v) is 4.75. The summed E-state index contributed by atoms with van der Waals surface area (Å²) in [7, 11) is 3.36. The average Bonchev–Trinajstić information content (AvgIpc) is 2.60. The summed E-state index contributed by atoms with van der Waals surface area (Å²) in [6, 6.07) is 15.4. The topological polar surface area (TPSA) is 32.3 Å². The number of hydrogen-bond donors (Lipinski definition) is 1. The number of rotatable bonds is 7. The lowest BCUT2D eigenvalue weighted by Crippen LogP contribution is -2.53. The highest BCUT2D eigenvalue weighted by Crippen LogP contribution is 2.37. The summed E-state index contributed by atoms with van der Waals surface area (Å²) in [6.45, 7) is 3.99. The molecule has 3 nitrogen and oxygen atoms in total. The van der Waals surface area contributed by atoms with Gasteiger partial charge < -0.3 is 5.32 Å². The van der Waals surface area contributed by atoms with Crippen LogP contribution in [0, 0.1) is 0 Å². The molecule has 132 valence electrons. The summed E-state index contributed by atoms with van der Waals surface area (Å²) in [4.78, 5) is 14.4. The molecule has 0 spiro atoms. The van der Waals surface area contributed by atoms with Gasteiger partial charge in [-0.25, -0.2) is 4.39 Å². The molecule has 0 aliphatic rings. The van der Waals surface area contributed by atoms with E-state index >= 15 is 4.39 Å². The summed E-state index contributed by atoms with van der Waals surface area (Å²) >= 11 is 3.38. The molecule has 0 saturated heterocycles. The first-order valence-corrected chi connectivity index (χ1v) is 8.75. The zero-order chi connectivity index (χ0) is 18.4. The van der Waals surface area contributed by atoms with E-state index in [2.05, 4.69) is 27.8 Å². The first kappa shape index (κ1) is 19.3. The lowest BCUT2D eigenvalue weighted by molar-refractivity contribution is -0.130. The van der Waals surface area contributed by atoms with Crippen molar-refractivity contribution in [3.05, 3.63) is 82.9 Å². The first-order chi connectivity index (χ1) is 11.9. The standard InChI is InChI=1S/C20H22BrFN2O/c1-4-20(22,16-12-8-9-13-17(16)21)18(24(2)3)19(25)23-14-15-10-6-5-7-11-15/h4-13,18H,1,14H2,2-3H3,(H,23,25)/t18-,20+/m0/s1. The van der Waals surface area contributed by atoms with Crippen LogP contribution in [0.2, 0.25) is 0 Å². The van der Waals surface area contributed by atoms with Crippen LogP contribution in [0.4, 0.5) is 4.39 Å². The van der Waals surface area contributed by atoms with E-state index in [1.807, 2.05) is 30.3 Å². The molecule has 0 bridgehead atoms. The Kier molecular flexibility index (Phi) is 6.51. The lowest BCUT2D eigenvalue weighted by Gasteiger charge is -2.35. The number of carbonyl (C=O) groups is 1. The molecule has 25 heavy (non-hydrogen) atoms. The maximum absolute atomic E-state index is 16.0. The van der Waals surface area contributed by atoms with Gasteiger partial charge in [-0.15, -0.1) is 0 Å². The Balaban J connectivity index is 2.30. The molecule has 5 heteroatoms. The van der Waals surface area contributed by atoms with Gasteiger partial charge in [0, 0.05) is 16.6 Å². The number of nitrogens with zero attached hydrogens (tertiary/aromatic N) is 1. The number of halogens is 2. The van der Waals surface area contributed by atoms with Crippen LogP contribution in [0.1, 0.15) is 11.1 Å². The molecule has 0 radical (unpaired) electrons. The van der Waals surface area contributed by atoms with Crippen molar-refractivity contribution in [3.8, 4) is 0 Å². The smallest absolute Gasteiger partial charge is 0.241 e. The van der Waals surface area contributed by atoms with Crippen LogP contribution in [0.15, 0.2) is 71.7 Å². The second-order valence-corrected chi connectivity index (χ2v) is 6.88. The van der Waals surface area contributed by atoms with E-state index in [1.54, 1.807) is 43.3 Å². The third-order valence-electron chi connectivity index (χ3n) is 4.06. The number of alkyl halides is 1. The third kappa shape index (κ3) is 4.35. The summed E-state index contributed by atoms with van der Waals surface area (Å²) in [5, 5.41) is 2.83. The molecule has 0 aromatic heterocycles. The van der Waals surface area contributed by atoms with Crippen LogP contribution in [0.5, 0.6) is 0 Å². The molecule has 0 heterocycles. The molecule has 0 aliphatic heterocycles. The number of likely N-dealkylation sites (N-methyl/N-ethyl adjacent to an activating group) is 1. The quantitative estimate of drug-likeness (QED) is 0.706. The van der Waals surface area contributed by atoms with Gasteiger partial charge in [0.25, 0.3) is 0 Å². The minimum absolute atomic E-state index is 0.340. The molecule has 2 rings (SSSR count). The van der Waals surface area contributed by atoms with Gasteiger partial charge in [0.2, 0.25) is 5.91 Å². The normalized spacial score (nSPS) is 14.6. The van der Waals surface area contributed by atoms with Gasteiger partial charge in [-0.05, 0) is 31.8 Å². The largest absolute Gasteiger partial charge is 0.351 e. The van der Waals surface area contributed by atoms with Crippen LogP contribution in [-0.2, 0) is 17.0 Å². The Hall–Kier alpha value is -1.98. The zero-order valence-electron chi connectivity index (χ0n) is 14.4. The first-order valence-electron chi connectivity index (χ1n) is 7.95. The van der Waals surface area contributed by atoms with Crippen molar-refractivity contribution in [2.24, 2.45) is 0 Å². The number of hydrogen-bond acceptors (Lipinski definition) is 2. The molecular weight excluding hydrogens is 383 g/mol. The van der Waals surface area contributed by atoms with E-state index in [0.717, 1.165) is 5.56 Å². The van der Waals surface area contributed by atoms with Gasteiger partial charge in [0.05, 0.1) is 0 Å². The van der Waals surface area contributed by atoms with Gasteiger partial charge >= 0.3 is 0 Å². The monoisotopic (exact) mass is 404 g/mol. The summed E-state index contributed by atoms with van der Waals surface area (Å²) in [6.07, 6.45) is 1.19. The molecule has 0 aliphatic carbocycles. The Labute approximate surface area is 156 Å². The van der Waals surface area contributed by atoms with E-state index in [4.69, 9.17) is 0 Å². The molecule has 0 fully saturated rings. The number of amides is 1. The molecular formula is C20H22BrFN2O. The Bertz CT molecular complexity index is 735. The van der Waals surface area contributed by atoms with Gasteiger partial charge in [-0.2, -0.15) is 0 Å². The van der Waals surface area contributed by atoms with Gasteiger partial charge in [-0.3, -0.25) is 9.69 Å². The second kappa shape index (κ2) is 8.41. The fraction of sp³-hybridized carbons (Fsp3) is 0.250. The lowest BCUT2D eigenvalue weighted by atomic mass is 9.86. The molecule has 1 N–H and O–H groups in total. The highest BCUT2D eigenvalue weighted by atomic mass is 79.9. The van der Waals surface area contributed by atoms with Crippen LogP contribution in [-0.4, -0.2) is 30.9 Å². The average molecular weight is 405 g/mol. The van der Waals surface area contributed by atoms with Crippen molar-refractivity contribution in [1.29, 1.82) is 0 Å². The van der Waals surface area contributed by atoms with E-state index in [-0.39, 0.29) is 0 Å². The van der Waals surface area contributed by atoms with E-state index in [1.165, 1.54) is 6.08 Å². The molecule has 2 aromatic carbocycles. The molecule has 2 atom stereocenters. The number of benzene rings is 2. The fourth-order valence-electron chi connectivity index (χ4n) is 2.82. The van der Waals surface area contributed by atoms with Crippen LogP contribution >= 0.6 is 15.9 Å². The summed E-state index contributed by atoms with van der Waals surface area (Å²) in [5.74, 6) is -0.396. The minimum Gasteiger partial charge on any atom is -0.351 e. The van der Waals surface area contributed by atoms with Gasteiger partial charge in [0.1, 0.15) is 6.04 Å². The Morgan fingerprint density at radius 1 is 1.24 bits per heavy atom. The van der Waals surface area contributed by atoms with Crippen LogP contribution in [0.25, 0.3) is 0 Å². The Morgan fingerprint density at radius 3 is 2.40 bits per heavy atom. The maximum atomic E-state index is 16.0. The summed E-state index contributed by atoms with van der Waals surface area (Å²) in [5.41, 5.74) is -0.708. The fourth-order valence-corrected chi connectivity index (χ4v) is 3.41. The molecule has 2 aromatic rings. The van der Waals surface area contributed by atoms with Gasteiger partial charge in [0.15, 0.2) is 5.67 Å². The molecule has 1 amide bonds. The van der Waals surface area contributed by atoms with Gasteiger partial charge in [-0.1, -0.05) is 71.0 Å². The van der Waals surface area contributed by atoms with Crippen LogP contribution in [0.3, 0.4) is 0 Å². The predicted molar refractivity (Wildman–Crippen MR) is 103 cm³/mol. The molecule has 0 saturated carbocycles. The van der Waals surface area contributed by atoms with Crippen LogP contribution < -0.4 is 5.32 Å². The van der Waals surface area contributed by atoms with Crippen molar-refractivity contribution < 1.29 is 9.18 Å². The number of carbonyl (C=O) groups excluding carboxylic acids is 1. The highest BCUT2D eigenvalue weighted by molar-refractivity contribution is 9.10. The van der Waals surface area contributed by atoms with E-state index in [0.29, 0.717) is 16.6 Å². The maximum Gasteiger partial charge on any atom is 0.241 e. The van der Waals surface area contributed by atoms with Crippen molar-refractivity contribution in [1.82, 2.24) is 10.2 Å². The molecule has 0 unspecified atom stereocenters. The van der Waals surface area contributed by atoms with E-state index < -0.39 is 17.6 Å². The SMILES string of the molecule is C=C[C@@](F)(c1ccccc1Br)[C@H](C(=O)NCc1ccccc1)N(C)C. The van der Waals surface area contributed by atoms with Crippen molar-refractivity contribution in [2.45, 2.75) is 18.3 Å². The second-order valence-electron chi connectivity index (χ2n) is 6.02. The Morgan fingerprint density at radius 2 is 1.84 bits per heavy atom. The van der Waals surface area contributed by atoms with Crippen molar-refractivity contribution in [3.63, 3.8) is 0 Å². The summed E-state index contributed by atoms with van der Waals surface area (Å²) < 4.78 is 16.6. The minimum atomic E-state index is -2.04. The number of nitrogens with one attached hydrogen (secondary N) is 1. The zero-order valence-corrected chi connectivity index (χ0v) is 16.0. The van der Waals surface area contributed by atoms with Crippen molar-refractivity contribution >= 4 is 21.8 Å². The van der Waals surface area contributed by atoms with E-state index in [9.17, 15) is 4.79 Å².